The van der Waals surface area contributed by atoms with Gasteiger partial charge in [0.1, 0.15) is 16.3 Å². The molecule has 5 rings (SSSR count). The van der Waals surface area contributed by atoms with E-state index in [-0.39, 0.29) is 27.6 Å². The topological polar surface area (TPSA) is 132 Å². The standard InChI is InChI=1S/C43H55NO9S2Si/c1-42(2,3)55(48)44-33-26-18-19-29(27-49-56(7,8)43(4,5)6)28-54-41-37(52-40(47)32-24-16-11-17-25-32)36(51-39(46)31-22-14-10-15-23-31)35(34(33)53-41)50-38(45)30-20-12-9-13-21-30/h9-25,29,33-37,41,44H,26-28H2,1-8H3/t29-,33+,34+,35-,36-,37+,41+,55+/m0/s1. The van der Waals surface area contributed by atoms with Gasteiger partial charge < -0.3 is 27.9 Å². The predicted octanol–water partition coefficient (Wildman–Crippen LogP) is 8.14. The van der Waals surface area contributed by atoms with Crippen LogP contribution in [0.1, 0.15) is 79.0 Å². The number of esters is 3. The smallest absolute Gasteiger partial charge is 0.338 e. The van der Waals surface area contributed by atoms with Crippen molar-refractivity contribution in [3.05, 3.63) is 120 Å². The molecule has 0 amide bonds. The van der Waals surface area contributed by atoms with Gasteiger partial charge in [-0.25, -0.2) is 14.4 Å². The van der Waals surface area contributed by atoms with Crippen LogP contribution in [-0.2, 0) is 34.7 Å². The monoisotopic (exact) mass is 821 g/mol. The molecule has 1 N–H and O–H groups in total. The largest absolute Gasteiger partial charge is 0.598 e. The zero-order valence-electron chi connectivity index (χ0n) is 33.5. The van der Waals surface area contributed by atoms with Crippen LogP contribution in [0.4, 0.5) is 0 Å². The summed E-state index contributed by atoms with van der Waals surface area (Å²) in [5, 5.41) is 0.00433. The summed E-state index contributed by atoms with van der Waals surface area (Å²) in [4.78, 5) is 41.8. The van der Waals surface area contributed by atoms with E-state index in [1.165, 1.54) is 11.8 Å². The van der Waals surface area contributed by atoms with E-state index in [0.717, 1.165) is 0 Å². The molecule has 1 saturated heterocycles. The van der Waals surface area contributed by atoms with Crippen LogP contribution in [0.15, 0.2) is 103 Å². The Morgan fingerprint density at radius 3 is 1.70 bits per heavy atom. The summed E-state index contributed by atoms with van der Waals surface area (Å²) in [6.07, 6.45) is -0.422. The Hall–Kier alpha value is -3.43. The normalized spacial score (nSPS) is 25.1. The molecule has 1 fully saturated rings. The molecule has 56 heavy (non-hydrogen) atoms. The van der Waals surface area contributed by atoms with Crippen molar-refractivity contribution in [1.82, 2.24) is 4.72 Å². The third kappa shape index (κ3) is 11.4. The van der Waals surface area contributed by atoms with Gasteiger partial charge in [-0.3, -0.25) is 0 Å². The quantitative estimate of drug-likeness (QED) is 0.0661. The Kier molecular flexibility index (Phi) is 14.7. The fourth-order valence-electron chi connectivity index (χ4n) is 5.88. The molecule has 13 heteroatoms. The number of hydrogen-bond donors (Lipinski definition) is 1. The Bertz CT molecular complexity index is 1780. The number of carbonyl (C=O) groups excluding carboxylic acids is 3. The average Bonchev–Trinajstić information content (AvgIpc) is 3.16. The molecule has 0 aliphatic carbocycles. The number of fused-ring (bicyclic) bond motifs is 2. The van der Waals surface area contributed by atoms with E-state index >= 15 is 0 Å². The SMILES string of the molecule is CC(C)(C)[S@@+]([O-])N[C@@H]1CC=C[C@@H](CO[Si](C)(C)C(C)(C)C)CS[C@H]2O[C@H]1[C@H](OC(=O)c1ccccc1)[C@H](OC(=O)c1ccccc1)[C@H]2OC(=O)c1ccccc1. The fraction of sp³-hybridized carbons (Fsp3) is 0.465. The van der Waals surface area contributed by atoms with Crippen LogP contribution in [0.3, 0.4) is 0 Å². The Labute approximate surface area is 339 Å². The third-order valence-corrected chi connectivity index (χ3v) is 17.7. The molecular weight excluding hydrogens is 767 g/mol. The number of ether oxygens (including phenoxy) is 4. The molecule has 2 aliphatic rings. The lowest BCUT2D eigenvalue weighted by Crippen LogP contribution is -2.66. The molecule has 0 aromatic heterocycles. The van der Waals surface area contributed by atoms with Gasteiger partial charge in [0.2, 0.25) is 0 Å². The molecule has 0 spiro atoms. The van der Waals surface area contributed by atoms with Gasteiger partial charge >= 0.3 is 17.9 Å². The maximum absolute atomic E-state index is 14.0. The van der Waals surface area contributed by atoms with E-state index < -0.39 is 78.2 Å². The van der Waals surface area contributed by atoms with E-state index in [4.69, 9.17) is 23.4 Å². The maximum atomic E-state index is 14.0. The van der Waals surface area contributed by atoms with E-state index in [2.05, 4.69) is 44.7 Å². The maximum Gasteiger partial charge on any atom is 0.338 e. The number of rotatable bonds is 11. The van der Waals surface area contributed by atoms with Gasteiger partial charge in [0.25, 0.3) is 0 Å². The highest BCUT2D eigenvalue weighted by molar-refractivity contribution is 7.99. The summed E-state index contributed by atoms with van der Waals surface area (Å²) in [6.45, 7) is 17.0. The molecule has 8 atom stereocenters. The van der Waals surface area contributed by atoms with Crippen LogP contribution in [0, 0.1) is 5.92 Å². The molecule has 0 radical (unpaired) electrons. The summed E-state index contributed by atoms with van der Waals surface area (Å²) in [5.41, 5.74) is -0.0881. The minimum absolute atomic E-state index is 0.00433. The van der Waals surface area contributed by atoms with Crippen molar-refractivity contribution in [3.63, 3.8) is 0 Å². The minimum atomic E-state index is -2.11. The summed E-state index contributed by atoms with van der Waals surface area (Å²) >= 11 is -0.177. The van der Waals surface area contributed by atoms with E-state index in [9.17, 15) is 18.9 Å². The van der Waals surface area contributed by atoms with Crippen molar-refractivity contribution in [2.45, 2.75) is 107 Å². The van der Waals surface area contributed by atoms with E-state index in [1.54, 1.807) is 91.0 Å². The molecule has 302 valence electrons. The Morgan fingerprint density at radius 1 is 0.768 bits per heavy atom. The molecule has 2 heterocycles. The van der Waals surface area contributed by atoms with Crippen LogP contribution in [0.5, 0.6) is 0 Å². The van der Waals surface area contributed by atoms with E-state index in [0.29, 0.717) is 18.8 Å². The number of thioether (sulfide) groups is 1. The molecule has 0 saturated carbocycles. The van der Waals surface area contributed by atoms with Crippen molar-refractivity contribution in [1.29, 1.82) is 0 Å². The van der Waals surface area contributed by atoms with Crippen molar-refractivity contribution < 1.29 is 42.3 Å². The highest BCUT2D eigenvalue weighted by Crippen LogP contribution is 2.40. The first-order valence-electron chi connectivity index (χ1n) is 19.0. The minimum Gasteiger partial charge on any atom is -0.598 e. The van der Waals surface area contributed by atoms with Gasteiger partial charge in [0.05, 0.1) is 22.7 Å². The first-order chi connectivity index (χ1) is 26.4. The van der Waals surface area contributed by atoms with Crippen LogP contribution in [0.25, 0.3) is 0 Å². The van der Waals surface area contributed by atoms with E-state index in [1.807, 2.05) is 26.8 Å². The molecule has 3 aromatic carbocycles. The summed E-state index contributed by atoms with van der Waals surface area (Å²) in [6, 6.07) is 24.7. The highest BCUT2D eigenvalue weighted by atomic mass is 32.2. The molecule has 10 nitrogen and oxygen atoms in total. The first-order valence-corrected chi connectivity index (χ1v) is 24.1. The highest BCUT2D eigenvalue weighted by Gasteiger charge is 2.56. The number of hydrogen-bond acceptors (Lipinski definition) is 11. The molecule has 0 unspecified atom stereocenters. The average molecular weight is 822 g/mol. The third-order valence-electron chi connectivity index (χ3n) is 10.2. The fourth-order valence-corrected chi connectivity index (χ4v) is 9.05. The second-order valence-electron chi connectivity index (χ2n) is 16.6. The first kappa shape index (κ1) is 43.7. The predicted molar refractivity (Wildman–Crippen MR) is 223 cm³/mol. The second kappa shape index (κ2) is 18.9. The van der Waals surface area contributed by atoms with Crippen molar-refractivity contribution in [2.24, 2.45) is 5.92 Å². The zero-order chi connectivity index (χ0) is 40.7. The number of carbonyl (C=O) groups is 3. The van der Waals surface area contributed by atoms with Crippen molar-refractivity contribution in [3.8, 4) is 0 Å². The van der Waals surface area contributed by atoms with Gasteiger partial charge in [0, 0.05) is 29.6 Å². The molecule has 3 aromatic rings. The lowest BCUT2D eigenvalue weighted by Gasteiger charge is -2.47. The van der Waals surface area contributed by atoms with Gasteiger partial charge in [-0.05, 0) is 81.7 Å². The van der Waals surface area contributed by atoms with Crippen LogP contribution < -0.4 is 4.72 Å². The van der Waals surface area contributed by atoms with Gasteiger partial charge in [-0.1, -0.05) is 87.5 Å². The summed E-state index contributed by atoms with van der Waals surface area (Å²) in [5.74, 6) is -1.60. The lowest BCUT2D eigenvalue weighted by molar-refractivity contribution is -0.205. The summed E-state index contributed by atoms with van der Waals surface area (Å²) in [7, 11) is -2.11. The number of benzene rings is 3. The molecular formula is C43H55NO9S2Si. The van der Waals surface area contributed by atoms with Crippen LogP contribution >= 0.6 is 11.8 Å². The Morgan fingerprint density at radius 2 is 1.23 bits per heavy atom. The summed E-state index contributed by atoms with van der Waals surface area (Å²) < 4.78 is 48.9. The lowest BCUT2D eigenvalue weighted by atomic mass is 9.92. The molecule has 2 bridgehead atoms. The van der Waals surface area contributed by atoms with Gasteiger partial charge in [0.15, 0.2) is 26.6 Å². The van der Waals surface area contributed by atoms with Crippen molar-refractivity contribution in [2.75, 3.05) is 12.4 Å². The van der Waals surface area contributed by atoms with Gasteiger partial charge in [-0.2, -0.15) is 0 Å². The molecule has 2 aliphatic heterocycles. The Balaban J connectivity index is 1.62. The number of nitrogens with one attached hydrogen (secondary N) is 1. The van der Waals surface area contributed by atoms with Gasteiger partial charge in [-0.15, -0.1) is 16.5 Å². The van der Waals surface area contributed by atoms with Crippen molar-refractivity contribution >= 4 is 49.3 Å². The van der Waals surface area contributed by atoms with Crippen LogP contribution in [0.2, 0.25) is 18.1 Å². The zero-order valence-corrected chi connectivity index (χ0v) is 36.1. The van der Waals surface area contributed by atoms with Crippen LogP contribution in [-0.4, -0.2) is 83.8 Å². The second-order valence-corrected chi connectivity index (χ2v) is 24.5.